The standard InChI is InChI=1S/C25H26O3/c26-22-11-5-18(6-12-22)17-1-3-19(4-2-17)25(20-7-13-23(27)14-8-20)21-9-15-24(28)16-10-21/h5-17,19,25-28H,1-4H2. The summed E-state index contributed by atoms with van der Waals surface area (Å²) in [6, 6.07) is 22.7. The van der Waals surface area contributed by atoms with Gasteiger partial charge in [0.2, 0.25) is 0 Å². The van der Waals surface area contributed by atoms with E-state index in [1.54, 1.807) is 36.4 Å². The zero-order chi connectivity index (χ0) is 19.5. The number of phenolic OH excluding ortho intramolecular Hbond substituents is 3. The minimum Gasteiger partial charge on any atom is -0.508 e. The Kier molecular flexibility index (Phi) is 5.25. The fourth-order valence-corrected chi connectivity index (χ4v) is 4.63. The van der Waals surface area contributed by atoms with E-state index < -0.39 is 0 Å². The molecular formula is C25H26O3. The summed E-state index contributed by atoms with van der Waals surface area (Å²) >= 11 is 0. The van der Waals surface area contributed by atoms with Crippen molar-refractivity contribution in [3.63, 3.8) is 0 Å². The third-order valence-electron chi connectivity index (χ3n) is 6.11. The fraction of sp³-hybridized carbons (Fsp3) is 0.280. The second-order valence-corrected chi connectivity index (χ2v) is 7.86. The summed E-state index contributed by atoms with van der Waals surface area (Å²) in [5.41, 5.74) is 3.72. The number of hydrogen-bond donors (Lipinski definition) is 3. The molecule has 1 saturated carbocycles. The van der Waals surface area contributed by atoms with Crippen LogP contribution in [0.1, 0.15) is 54.2 Å². The summed E-state index contributed by atoms with van der Waals surface area (Å²) in [4.78, 5) is 0. The van der Waals surface area contributed by atoms with Crippen molar-refractivity contribution in [3.8, 4) is 17.2 Å². The lowest BCUT2D eigenvalue weighted by Gasteiger charge is -2.35. The first-order valence-electron chi connectivity index (χ1n) is 9.97. The van der Waals surface area contributed by atoms with E-state index in [4.69, 9.17) is 0 Å². The first-order valence-corrected chi connectivity index (χ1v) is 9.97. The molecule has 0 atom stereocenters. The lowest BCUT2D eigenvalue weighted by atomic mass is 9.70. The van der Waals surface area contributed by atoms with Gasteiger partial charge in [0.25, 0.3) is 0 Å². The van der Waals surface area contributed by atoms with Crippen molar-refractivity contribution >= 4 is 0 Å². The number of hydrogen-bond acceptors (Lipinski definition) is 3. The summed E-state index contributed by atoms with van der Waals surface area (Å²) in [6.45, 7) is 0. The van der Waals surface area contributed by atoms with Crippen LogP contribution in [0.2, 0.25) is 0 Å². The molecular weight excluding hydrogens is 348 g/mol. The van der Waals surface area contributed by atoms with Gasteiger partial charge in [-0.3, -0.25) is 0 Å². The van der Waals surface area contributed by atoms with Crippen LogP contribution in [-0.2, 0) is 0 Å². The highest BCUT2D eigenvalue weighted by Crippen LogP contribution is 2.45. The maximum atomic E-state index is 9.69. The number of phenols is 3. The van der Waals surface area contributed by atoms with Gasteiger partial charge in [0.05, 0.1) is 0 Å². The van der Waals surface area contributed by atoms with E-state index in [9.17, 15) is 15.3 Å². The van der Waals surface area contributed by atoms with Crippen LogP contribution in [0.5, 0.6) is 17.2 Å². The van der Waals surface area contributed by atoms with Crippen molar-refractivity contribution in [3.05, 3.63) is 89.5 Å². The topological polar surface area (TPSA) is 60.7 Å². The van der Waals surface area contributed by atoms with E-state index in [1.165, 1.54) is 16.7 Å². The van der Waals surface area contributed by atoms with Gasteiger partial charge in [-0.15, -0.1) is 0 Å². The Balaban J connectivity index is 1.56. The van der Waals surface area contributed by atoms with Crippen molar-refractivity contribution in [1.82, 2.24) is 0 Å². The van der Waals surface area contributed by atoms with Crippen LogP contribution in [0.4, 0.5) is 0 Å². The third kappa shape index (κ3) is 3.99. The van der Waals surface area contributed by atoms with Crippen molar-refractivity contribution in [2.75, 3.05) is 0 Å². The van der Waals surface area contributed by atoms with Gasteiger partial charge in [-0.05, 0) is 90.6 Å². The molecule has 0 spiro atoms. The van der Waals surface area contributed by atoms with Crippen LogP contribution in [0, 0.1) is 5.92 Å². The van der Waals surface area contributed by atoms with Gasteiger partial charge in [-0.25, -0.2) is 0 Å². The summed E-state index contributed by atoms with van der Waals surface area (Å²) in [5.74, 6) is 2.19. The highest BCUT2D eigenvalue weighted by Gasteiger charge is 2.30. The van der Waals surface area contributed by atoms with E-state index in [2.05, 4.69) is 0 Å². The lowest BCUT2D eigenvalue weighted by molar-refractivity contribution is 0.300. The smallest absolute Gasteiger partial charge is 0.115 e. The average molecular weight is 374 g/mol. The molecule has 3 aromatic carbocycles. The molecule has 4 rings (SSSR count). The normalized spacial score (nSPS) is 19.6. The van der Waals surface area contributed by atoms with Crippen molar-refractivity contribution in [1.29, 1.82) is 0 Å². The fourth-order valence-electron chi connectivity index (χ4n) is 4.63. The highest BCUT2D eigenvalue weighted by molar-refractivity contribution is 5.38. The van der Waals surface area contributed by atoms with E-state index in [-0.39, 0.29) is 17.4 Å². The van der Waals surface area contributed by atoms with Crippen LogP contribution in [0.25, 0.3) is 0 Å². The SMILES string of the molecule is Oc1ccc(C2CCC(C(c3ccc(O)cc3)c3ccc(O)cc3)CC2)cc1. The van der Waals surface area contributed by atoms with Crippen molar-refractivity contribution in [2.45, 2.75) is 37.5 Å². The molecule has 0 aromatic heterocycles. The molecule has 0 radical (unpaired) electrons. The van der Waals surface area contributed by atoms with E-state index in [0.717, 1.165) is 25.7 Å². The largest absolute Gasteiger partial charge is 0.508 e. The second-order valence-electron chi connectivity index (χ2n) is 7.86. The van der Waals surface area contributed by atoms with E-state index in [1.807, 2.05) is 36.4 Å². The molecule has 0 amide bonds. The summed E-state index contributed by atoms with van der Waals surface area (Å²) in [7, 11) is 0. The molecule has 3 N–H and O–H groups in total. The van der Waals surface area contributed by atoms with Crippen LogP contribution in [0.3, 0.4) is 0 Å². The van der Waals surface area contributed by atoms with Crippen LogP contribution >= 0.6 is 0 Å². The van der Waals surface area contributed by atoms with Gasteiger partial charge in [0.1, 0.15) is 17.2 Å². The van der Waals surface area contributed by atoms with Crippen LogP contribution in [0.15, 0.2) is 72.8 Å². The van der Waals surface area contributed by atoms with Crippen molar-refractivity contribution in [2.24, 2.45) is 5.92 Å². The minimum atomic E-state index is 0.252. The Bertz CT molecular complexity index is 845. The molecule has 0 aliphatic heterocycles. The molecule has 1 fully saturated rings. The molecule has 28 heavy (non-hydrogen) atoms. The Morgan fingerprint density at radius 1 is 0.536 bits per heavy atom. The lowest BCUT2D eigenvalue weighted by Crippen LogP contribution is -2.21. The summed E-state index contributed by atoms with van der Waals surface area (Å²) < 4.78 is 0. The van der Waals surface area contributed by atoms with Crippen LogP contribution in [-0.4, -0.2) is 15.3 Å². The van der Waals surface area contributed by atoms with Gasteiger partial charge in [-0.1, -0.05) is 36.4 Å². The molecule has 0 saturated heterocycles. The molecule has 1 aliphatic rings. The molecule has 1 aliphatic carbocycles. The maximum absolute atomic E-state index is 9.69. The van der Waals surface area contributed by atoms with Crippen LogP contribution < -0.4 is 0 Å². The molecule has 0 unspecified atom stereocenters. The first kappa shape index (κ1) is 18.4. The Morgan fingerprint density at radius 2 is 0.929 bits per heavy atom. The zero-order valence-corrected chi connectivity index (χ0v) is 15.8. The average Bonchev–Trinajstić information content (AvgIpc) is 2.72. The molecule has 144 valence electrons. The Labute approximate surface area is 165 Å². The third-order valence-corrected chi connectivity index (χ3v) is 6.11. The summed E-state index contributed by atoms with van der Waals surface area (Å²) in [5, 5.41) is 28.9. The Morgan fingerprint density at radius 3 is 1.36 bits per heavy atom. The van der Waals surface area contributed by atoms with E-state index in [0.29, 0.717) is 17.6 Å². The zero-order valence-electron chi connectivity index (χ0n) is 15.8. The highest BCUT2D eigenvalue weighted by atomic mass is 16.3. The van der Waals surface area contributed by atoms with Gasteiger partial charge in [0, 0.05) is 5.92 Å². The predicted molar refractivity (Wildman–Crippen MR) is 111 cm³/mol. The molecule has 0 heterocycles. The van der Waals surface area contributed by atoms with Gasteiger partial charge in [0.15, 0.2) is 0 Å². The quantitative estimate of drug-likeness (QED) is 0.532. The first-order chi connectivity index (χ1) is 13.6. The maximum Gasteiger partial charge on any atom is 0.115 e. The predicted octanol–water partition coefficient (Wildman–Crippen LogP) is 5.91. The summed E-state index contributed by atoms with van der Waals surface area (Å²) in [6.07, 6.45) is 4.50. The number of aromatic hydroxyl groups is 3. The number of rotatable bonds is 4. The minimum absolute atomic E-state index is 0.252. The van der Waals surface area contributed by atoms with E-state index >= 15 is 0 Å². The molecule has 3 nitrogen and oxygen atoms in total. The van der Waals surface area contributed by atoms with Gasteiger partial charge >= 0.3 is 0 Å². The number of benzene rings is 3. The molecule has 3 aromatic rings. The Hall–Kier alpha value is -2.94. The molecule has 3 heteroatoms. The van der Waals surface area contributed by atoms with Crippen molar-refractivity contribution < 1.29 is 15.3 Å². The molecule has 0 bridgehead atoms. The van der Waals surface area contributed by atoms with Gasteiger partial charge in [-0.2, -0.15) is 0 Å². The second kappa shape index (κ2) is 7.97. The van der Waals surface area contributed by atoms with Gasteiger partial charge < -0.3 is 15.3 Å². The monoisotopic (exact) mass is 374 g/mol.